The summed E-state index contributed by atoms with van der Waals surface area (Å²) >= 11 is 11.9. The van der Waals surface area contributed by atoms with Gasteiger partial charge in [0.2, 0.25) is 11.7 Å². The Hall–Kier alpha value is -1.10. The summed E-state index contributed by atoms with van der Waals surface area (Å²) in [5.74, 6) is 1.59. The van der Waals surface area contributed by atoms with Crippen LogP contribution in [0.3, 0.4) is 0 Å². The molecule has 0 aliphatic carbocycles. The molecule has 0 aliphatic heterocycles. The molecule has 1 unspecified atom stereocenters. The molecule has 2 aromatic rings. The van der Waals surface area contributed by atoms with Gasteiger partial charge in [0.05, 0.1) is 0 Å². The Morgan fingerprint density at radius 3 is 2.40 bits per heavy atom. The van der Waals surface area contributed by atoms with Crippen LogP contribution in [0.5, 0.6) is 0 Å². The summed E-state index contributed by atoms with van der Waals surface area (Å²) in [6.07, 6.45) is 0.690. The highest BCUT2D eigenvalue weighted by Crippen LogP contribution is 2.25. The Labute approximate surface area is 128 Å². The second-order valence-electron chi connectivity index (χ2n) is 5.01. The molecule has 4 nitrogen and oxygen atoms in total. The molecule has 0 saturated carbocycles. The molecule has 0 amide bonds. The fraction of sp³-hybridized carbons (Fsp3) is 0.429. The fourth-order valence-corrected chi connectivity index (χ4v) is 2.52. The predicted molar refractivity (Wildman–Crippen MR) is 81.1 cm³/mol. The van der Waals surface area contributed by atoms with Gasteiger partial charge in [0.1, 0.15) is 0 Å². The second kappa shape index (κ2) is 6.57. The number of rotatable bonds is 5. The molecular formula is C14H17Cl2N3O. The van der Waals surface area contributed by atoms with Crippen molar-refractivity contribution in [3.8, 4) is 11.4 Å². The van der Waals surface area contributed by atoms with Crippen molar-refractivity contribution in [1.29, 1.82) is 0 Å². The van der Waals surface area contributed by atoms with Crippen LogP contribution >= 0.6 is 23.2 Å². The predicted octanol–water partition coefficient (Wildman–Crippen LogP) is 3.83. The number of likely N-dealkylation sites (N-methyl/N-ethyl adjacent to an activating group) is 1. The molecule has 0 bridgehead atoms. The minimum absolute atomic E-state index is 0.297. The van der Waals surface area contributed by atoms with E-state index >= 15 is 0 Å². The van der Waals surface area contributed by atoms with E-state index < -0.39 is 0 Å². The number of aromatic nitrogens is 2. The van der Waals surface area contributed by atoms with Gasteiger partial charge in [-0.25, -0.2) is 0 Å². The van der Waals surface area contributed by atoms with Crippen LogP contribution in [0, 0.1) is 5.92 Å². The van der Waals surface area contributed by atoms with E-state index in [1.165, 1.54) is 0 Å². The van der Waals surface area contributed by atoms with Gasteiger partial charge in [0, 0.05) is 28.1 Å². The van der Waals surface area contributed by atoms with Gasteiger partial charge in [0.15, 0.2) is 0 Å². The highest BCUT2D eigenvalue weighted by atomic mass is 35.5. The number of halogens is 2. The summed E-state index contributed by atoms with van der Waals surface area (Å²) < 4.78 is 5.29. The molecule has 0 radical (unpaired) electrons. The molecule has 1 heterocycles. The lowest BCUT2D eigenvalue weighted by Crippen LogP contribution is -2.32. The Morgan fingerprint density at radius 1 is 1.20 bits per heavy atom. The van der Waals surface area contributed by atoms with Crippen molar-refractivity contribution < 1.29 is 4.52 Å². The van der Waals surface area contributed by atoms with Gasteiger partial charge < -0.3 is 9.84 Å². The number of benzene rings is 1. The van der Waals surface area contributed by atoms with Gasteiger partial charge in [-0.05, 0) is 31.2 Å². The van der Waals surface area contributed by atoms with Gasteiger partial charge in [-0.2, -0.15) is 4.98 Å². The van der Waals surface area contributed by atoms with Crippen molar-refractivity contribution in [1.82, 2.24) is 15.5 Å². The first-order chi connectivity index (χ1) is 9.49. The summed E-state index contributed by atoms with van der Waals surface area (Å²) in [6, 6.07) is 5.50. The van der Waals surface area contributed by atoms with Crippen LogP contribution in [0.2, 0.25) is 10.0 Å². The third-order valence-electron chi connectivity index (χ3n) is 3.16. The van der Waals surface area contributed by atoms with Crippen LogP contribution in [0.25, 0.3) is 11.4 Å². The van der Waals surface area contributed by atoms with Crippen LogP contribution < -0.4 is 5.32 Å². The van der Waals surface area contributed by atoms with E-state index in [4.69, 9.17) is 27.7 Å². The summed E-state index contributed by atoms with van der Waals surface area (Å²) in [6.45, 7) is 4.30. The Morgan fingerprint density at radius 2 is 1.85 bits per heavy atom. The van der Waals surface area contributed by atoms with Crippen LogP contribution in [-0.4, -0.2) is 23.2 Å². The second-order valence-corrected chi connectivity index (χ2v) is 5.89. The first kappa shape index (κ1) is 15.3. The van der Waals surface area contributed by atoms with Crippen LogP contribution in [-0.2, 0) is 6.42 Å². The van der Waals surface area contributed by atoms with E-state index in [-0.39, 0.29) is 0 Å². The quantitative estimate of drug-likeness (QED) is 0.911. The van der Waals surface area contributed by atoms with E-state index in [2.05, 4.69) is 29.3 Å². The zero-order valence-electron chi connectivity index (χ0n) is 11.7. The molecule has 1 N–H and O–H groups in total. The van der Waals surface area contributed by atoms with E-state index in [9.17, 15) is 0 Å². The standard InChI is InChI=1S/C14H17Cl2N3O/c1-8(2)12(17-3)7-13-18-14(19-20-13)9-4-10(15)6-11(16)5-9/h4-6,8,12,17H,7H2,1-3H3. The fourth-order valence-electron chi connectivity index (χ4n) is 2.00. The molecule has 0 aliphatic rings. The third-order valence-corrected chi connectivity index (χ3v) is 3.60. The summed E-state index contributed by atoms with van der Waals surface area (Å²) in [5.41, 5.74) is 0.753. The van der Waals surface area contributed by atoms with E-state index in [1.807, 2.05) is 7.05 Å². The normalized spacial score (nSPS) is 12.9. The molecule has 108 valence electrons. The first-order valence-electron chi connectivity index (χ1n) is 6.46. The van der Waals surface area contributed by atoms with Crippen molar-refractivity contribution in [3.63, 3.8) is 0 Å². The van der Waals surface area contributed by atoms with E-state index in [0.717, 1.165) is 5.56 Å². The summed E-state index contributed by atoms with van der Waals surface area (Å²) in [7, 11) is 1.93. The molecule has 20 heavy (non-hydrogen) atoms. The van der Waals surface area contributed by atoms with Crippen LogP contribution in [0.1, 0.15) is 19.7 Å². The van der Waals surface area contributed by atoms with Gasteiger partial charge in [-0.3, -0.25) is 0 Å². The molecule has 0 spiro atoms. The van der Waals surface area contributed by atoms with E-state index in [0.29, 0.717) is 40.1 Å². The number of nitrogens with one attached hydrogen (secondary N) is 1. The van der Waals surface area contributed by atoms with Crippen molar-refractivity contribution in [3.05, 3.63) is 34.1 Å². The zero-order chi connectivity index (χ0) is 14.7. The number of hydrogen-bond acceptors (Lipinski definition) is 4. The Kier molecular flexibility index (Phi) is 5.02. The molecule has 1 aromatic carbocycles. The maximum atomic E-state index is 5.97. The SMILES string of the molecule is CNC(Cc1nc(-c2cc(Cl)cc(Cl)c2)no1)C(C)C. The minimum Gasteiger partial charge on any atom is -0.339 e. The first-order valence-corrected chi connectivity index (χ1v) is 7.21. The molecule has 1 atom stereocenters. The minimum atomic E-state index is 0.297. The van der Waals surface area contributed by atoms with Gasteiger partial charge in [-0.1, -0.05) is 42.2 Å². The number of hydrogen-bond donors (Lipinski definition) is 1. The molecule has 0 saturated heterocycles. The van der Waals surface area contributed by atoms with Crippen molar-refractivity contribution in [2.75, 3.05) is 7.05 Å². The largest absolute Gasteiger partial charge is 0.339 e. The van der Waals surface area contributed by atoms with Gasteiger partial charge in [0.25, 0.3) is 0 Å². The highest BCUT2D eigenvalue weighted by molar-refractivity contribution is 6.35. The van der Waals surface area contributed by atoms with Gasteiger partial charge >= 0.3 is 0 Å². The molecular weight excluding hydrogens is 297 g/mol. The highest BCUT2D eigenvalue weighted by Gasteiger charge is 2.17. The summed E-state index contributed by atoms with van der Waals surface area (Å²) in [5, 5.41) is 8.33. The van der Waals surface area contributed by atoms with Crippen molar-refractivity contribution in [2.24, 2.45) is 5.92 Å². The average Bonchev–Trinajstić information content (AvgIpc) is 2.83. The van der Waals surface area contributed by atoms with Crippen molar-refractivity contribution in [2.45, 2.75) is 26.3 Å². The molecule has 6 heteroatoms. The smallest absolute Gasteiger partial charge is 0.228 e. The lowest BCUT2D eigenvalue weighted by atomic mass is 10.0. The molecule has 2 rings (SSSR count). The Bertz CT molecular complexity index is 563. The van der Waals surface area contributed by atoms with Crippen LogP contribution in [0.4, 0.5) is 0 Å². The van der Waals surface area contributed by atoms with Gasteiger partial charge in [-0.15, -0.1) is 0 Å². The lowest BCUT2D eigenvalue weighted by molar-refractivity contribution is 0.335. The molecule has 1 aromatic heterocycles. The zero-order valence-corrected chi connectivity index (χ0v) is 13.2. The summed E-state index contributed by atoms with van der Waals surface area (Å²) in [4.78, 5) is 4.40. The Balaban J connectivity index is 2.20. The third kappa shape index (κ3) is 3.72. The maximum absolute atomic E-state index is 5.97. The topological polar surface area (TPSA) is 51.0 Å². The molecule has 0 fully saturated rings. The monoisotopic (exact) mass is 313 g/mol. The maximum Gasteiger partial charge on any atom is 0.228 e. The van der Waals surface area contributed by atoms with Crippen LogP contribution in [0.15, 0.2) is 22.7 Å². The number of nitrogens with zero attached hydrogens (tertiary/aromatic N) is 2. The average molecular weight is 314 g/mol. The van der Waals surface area contributed by atoms with E-state index in [1.54, 1.807) is 18.2 Å². The van der Waals surface area contributed by atoms with Crippen molar-refractivity contribution >= 4 is 23.2 Å². The lowest BCUT2D eigenvalue weighted by Gasteiger charge is -2.17.